The highest BCUT2D eigenvalue weighted by Crippen LogP contribution is 2.09. The van der Waals surface area contributed by atoms with Gasteiger partial charge in [-0.2, -0.15) is 0 Å². The highest BCUT2D eigenvalue weighted by Gasteiger charge is 2.16. The standard InChI is InChI=1S/C6H8BFO2/c1-3-4-6(5(2)8)7(9)10/h3-4,9-10H,1-2H2/b6-4+. The summed E-state index contributed by atoms with van der Waals surface area (Å²) in [4.78, 5) is 0. The van der Waals surface area contributed by atoms with Gasteiger partial charge in [-0.1, -0.05) is 25.3 Å². The Morgan fingerprint density at radius 3 is 2.10 bits per heavy atom. The van der Waals surface area contributed by atoms with E-state index in [0.717, 1.165) is 6.08 Å². The Kier molecular flexibility index (Phi) is 3.68. The summed E-state index contributed by atoms with van der Waals surface area (Å²) in [6.45, 7) is 6.15. The summed E-state index contributed by atoms with van der Waals surface area (Å²) in [5.41, 5.74) is -0.269. The van der Waals surface area contributed by atoms with E-state index in [9.17, 15) is 4.39 Å². The summed E-state index contributed by atoms with van der Waals surface area (Å²) in [6.07, 6.45) is 2.40. The molecular weight excluding hydrogens is 134 g/mol. The van der Waals surface area contributed by atoms with E-state index in [1.165, 1.54) is 6.08 Å². The van der Waals surface area contributed by atoms with Crippen LogP contribution in [0.15, 0.2) is 36.6 Å². The van der Waals surface area contributed by atoms with Crippen LogP contribution in [0, 0.1) is 0 Å². The zero-order valence-electron chi connectivity index (χ0n) is 5.42. The van der Waals surface area contributed by atoms with Gasteiger partial charge < -0.3 is 10.0 Å². The molecule has 0 aliphatic carbocycles. The molecule has 0 radical (unpaired) electrons. The average molecular weight is 142 g/mol. The second-order valence-electron chi connectivity index (χ2n) is 1.64. The van der Waals surface area contributed by atoms with Crippen molar-refractivity contribution in [1.29, 1.82) is 0 Å². The quantitative estimate of drug-likeness (QED) is 0.447. The van der Waals surface area contributed by atoms with Gasteiger partial charge in [0.2, 0.25) is 0 Å². The van der Waals surface area contributed by atoms with Crippen molar-refractivity contribution >= 4 is 7.12 Å². The molecule has 4 heteroatoms. The second kappa shape index (κ2) is 4.03. The first-order chi connectivity index (χ1) is 4.59. The highest BCUT2D eigenvalue weighted by molar-refractivity contribution is 6.52. The lowest BCUT2D eigenvalue weighted by molar-refractivity contribution is 0.416. The first-order valence-corrected chi connectivity index (χ1v) is 2.63. The third-order valence-electron chi connectivity index (χ3n) is 0.889. The Morgan fingerprint density at radius 1 is 1.50 bits per heavy atom. The van der Waals surface area contributed by atoms with E-state index in [1.54, 1.807) is 0 Å². The number of rotatable bonds is 3. The summed E-state index contributed by atoms with van der Waals surface area (Å²) in [5.74, 6) is -0.866. The molecule has 0 aliphatic heterocycles. The van der Waals surface area contributed by atoms with Crippen LogP contribution in [-0.4, -0.2) is 17.2 Å². The Hall–Kier alpha value is -0.865. The third kappa shape index (κ3) is 2.61. The maximum Gasteiger partial charge on any atom is 0.491 e. The van der Waals surface area contributed by atoms with Crippen molar-refractivity contribution in [2.24, 2.45) is 0 Å². The molecule has 0 fully saturated rings. The van der Waals surface area contributed by atoms with Crippen LogP contribution in [0.1, 0.15) is 0 Å². The van der Waals surface area contributed by atoms with Gasteiger partial charge in [0.15, 0.2) is 0 Å². The molecule has 0 aromatic carbocycles. The summed E-state index contributed by atoms with van der Waals surface area (Å²) in [7, 11) is -1.82. The first kappa shape index (κ1) is 9.13. The van der Waals surface area contributed by atoms with Gasteiger partial charge in [0.1, 0.15) is 5.83 Å². The molecule has 0 saturated carbocycles. The highest BCUT2D eigenvalue weighted by atomic mass is 19.1. The van der Waals surface area contributed by atoms with Gasteiger partial charge in [-0.05, 0) is 0 Å². The Balaban J connectivity index is 4.41. The van der Waals surface area contributed by atoms with E-state index < -0.39 is 12.9 Å². The van der Waals surface area contributed by atoms with Crippen LogP contribution in [-0.2, 0) is 0 Å². The molecule has 0 aromatic rings. The molecule has 0 atom stereocenters. The van der Waals surface area contributed by atoms with Gasteiger partial charge in [-0.15, -0.1) is 0 Å². The molecule has 0 spiro atoms. The third-order valence-corrected chi connectivity index (χ3v) is 0.889. The topological polar surface area (TPSA) is 40.5 Å². The summed E-state index contributed by atoms with van der Waals surface area (Å²) >= 11 is 0. The molecule has 54 valence electrons. The van der Waals surface area contributed by atoms with Crippen LogP contribution >= 0.6 is 0 Å². The van der Waals surface area contributed by atoms with Gasteiger partial charge in [0, 0.05) is 5.47 Å². The molecule has 0 amide bonds. The van der Waals surface area contributed by atoms with Crippen LogP contribution in [0.2, 0.25) is 0 Å². The molecule has 0 aliphatic rings. The number of hydrogen-bond donors (Lipinski definition) is 2. The molecule has 0 aromatic heterocycles. The van der Waals surface area contributed by atoms with Crippen LogP contribution in [0.5, 0.6) is 0 Å². The minimum Gasteiger partial charge on any atom is -0.423 e. The van der Waals surface area contributed by atoms with Crippen LogP contribution in [0.25, 0.3) is 0 Å². The molecule has 0 unspecified atom stereocenters. The molecule has 0 saturated heterocycles. The van der Waals surface area contributed by atoms with E-state index >= 15 is 0 Å². The average Bonchev–Trinajstić information content (AvgIpc) is 1.81. The van der Waals surface area contributed by atoms with Gasteiger partial charge in [-0.3, -0.25) is 0 Å². The fourth-order valence-corrected chi connectivity index (χ4v) is 0.444. The zero-order valence-corrected chi connectivity index (χ0v) is 5.42. The monoisotopic (exact) mass is 142 g/mol. The lowest BCUT2D eigenvalue weighted by Crippen LogP contribution is -2.15. The SMILES string of the molecule is C=C/C=C(/B(O)O)C(=C)F. The summed E-state index contributed by atoms with van der Waals surface area (Å²) in [5, 5.41) is 16.9. The molecule has 2 N–H and O–H groups in total. The lowest BCUT2D eigenvalue weighted by Gasteiger charge is -1.98. The Bertz CT molecular complexity index is 175. The normalized spacial score (nSPS) is 10.9. The van der Waals surface area contributed by atoms with Crippen LogP contribution < -0.4 is 0 Å². The Labute approximate surface area is 59.1 Å². The molecule has 0 rings (SSSR count). The van der Waals surface area contributed by atoms with Crippen LogP contribution in [0.3, 0.4) is 0 Å². The molecule has 0 heterocycles. The number of hydrogen-bond acceptors (Lipinski definition) is 2. The predicted molar refractivity (Wildman–Crippen MR) is 38.7 cm³/mol. The summed E-state index contributed by atoms with van der Waals surface area (Å²) < 4.78 is 12.2. The lowest BCUT2D eigenvalue weighted by atomic mass is 9.78. The smallest absolute Gasteiger partial charge is 0.423 e. The van der Waals surface area contributed by atoms with Crippen molar-refractivity contribution in [1.82, 2.24) is 0 Å². The summed E-state index contributed by atoms with van der Waals surface area (Å²) in [6, 6.07) is 0. The molecule has 2 nitrogen and oxygen atoms in total. The molecule has 0 bridgehead atoms. The van der Waals surface area contributed by atoms with E-state index in [1.807, 2.05) is 0 Å². The van der Waals surface area contributed by atoms with E-state index in [2.05, 4.69) is 13.2 Å². The fraction of sp³-hybridized carbons (Fsp3) is 0. The zero-order chi connectivity index (χ0) is 8.15. The second-order valence-corrected chi connectivity index (χ2v) is 1.64. The predicted octanol–water partition coefficient (Wildman–Crippen LogP) is 0.594. The largest absolute Gasteiger partial charge is 0.491 e. The van der Waals surface area contributed by atoms with Crippen molar-refractivity contribution in [3.8, 4) is 0 Å². The van der Waals surface area contributed by atoms with Crippen molar-refractivity contribution < 1.29 is 14.4 Å². The van der Waals surface area contributed by atoms with E-state index in [0.29, 0.717) is 0 Å². The number of allylic oxidation sites excluding steroid dienone is 4. The van der Waals surface area contributed by atoms with Crippen molar-refractivity contribution in [3.05, 3.63) is 36.6 Å². The minimum atomic E-state index is -1.82. The van der Waals surface area contributed by atoms with Crippen molar-refractivity contribution in [2.45, 2.75) is 0 Å². The number of halogens is 1. The van der Waals surface area contributed by atoms with Gasteiger partial charge in [0.05, 0.1) is 0 Å². The van der Waals surface area contributed by atoms with Crippen molar-refractivity contribution in [2.75, 3.05) is 0 Å². The Morgan fingerprint density at radius 2 is 2.00 bits per heavy atom. The minimum absolute atomic E-state index is 0.269. The van der Waals surface area contributed by atoms with E-state index in [-0.39, 0.29) is 5.47 Å². The molecular formula is C6H8BFO2. The van der Waals surface area contributed by atoms with Gasteiger partial charge in [0.25, 0.3) is 0 Å². The van der Waals surface area contributed by atoms with Crippen molar-refractivity contribution in [3.63, 3.8) is 0 Å². The fourth-order valence-electron chi connectivity index (χ4n) is 0.444. The van der Waals surface area contributed by atoms with E-state index in [4.69, 9.17) is 10.0 Å². The van der Waals surface area contributed by atoms with Crippen LogP contribution in [0.4, 0.5) is 4.39 Å². The first-order valence-electron chi connectivity index (χ1n) is 2.63. The van der Waals surface area contributed by atoms with Gasteiger partial charge in [-0.25, -0.2) is 4.39 Å². The van der Waals surface area contributed by atoms with Gasteiger partial charge >= 0.3 is 7.12 Å². The maximum absolute atomic E-state index is 12.2. The maximum atomic E-state index is 12.2. The molecule has 10 heavy (non-hydrogen) atoms.